The van der Waals surface area contributed by atoms with E-state index in [0.717, 1.165) is 22.5 Å². The van der Waals surface area contributed by atoms with Crippen LogP contribution >= 0.6 is 0 Å². The van der Waals surface area contributed by atoms with Crippen molar-refractivity contribution in [1.29, 1.82) is 0 Å². The van der Waals surface area contributed by atoms with Crippen molar-refractivity contribution in [3.8, 4) is 16.9 Å². The molecule has 3 aromatic rings. The topological polar surface area (TPSA) is 37.8 Å². The van der Waals surface area contributed by atoms with E-state index in [1.807, 2.05) is 61.5 Å². The molecule has 0 bridgehead atoms. The number of nitrogens with zero attached hydrogens (tertiary/aromatic N) is 1. The van der Waals surface area contributed by atoms with E-state index in [0.29, 0.717) is 0 Å². The van der Waals surface area contributed by atoms with Crippen LogP contribution in [0.1, 0.15) is 5.56 Å². The second-order valence-corrected chi connectivity index (χ2v) is 4.52. The summed E-state index contributed by atoms with van der Waals surface area (Å²) in [7, 11) is 0. The highest BCUT2D eigenvalue weighted by molar-refractivity contribution is 5.61. The largest absolute Gasteiger partial charge is 0.330 e. The van der Waals surface area contributed by atoms with Crippen molar-refractivity contribution in [2.24, 2.45) is 0 Å². The molecule has 0 saturated carbocycles. The lowest BCUT2D eigenvalue weighted by Crippen LogP contribution is -2.15. The molecule has 0 amide bonds. The molecule has 0 aliphatic carbocycles. The van der Waals surface area contributed by atoms with Crippen LogP contribution in [0.2, 0.25) is 0 Å². The molecule has 3 heteroatoms. The Balaban J connectivity index is 2.23. The van der Waals surface area contributed by atoms with Crippen molar-refractivity contribution >= 4 is 0 Å². The molecule has 94 valence electrons. The summed E-state index contributed by atoms with van der Waals surface area (Å²) in [5.41, 5.74) is 3.78. The van der Waals surface area contributed by atoms with Crippen LogP contribution in [0, 0.1) is 6.92 Å². The predicted molar refractivity (Wildman–Crippen MR) is 76.6 cm³/mol. The summed E-state index contributed by atoms with van der Waals surface area (Å²) in [6, 6.07) is 17.8. The molecule has 19 heavy (non-hydrogen) atoms. The summed E-state index contributed by atoms with van der Waals surface area (Å²) < 4.78 is 1.70. The summed E-state index contributed by atoms with van der Waals surface area (Å²) in [5.74, 6) is 0. The lowest BCUT2D eigenvalue weighted by Gasteiger charge is -2.08. The third-order valence-electron chi connectivity index (χ3n) is 3.11. The number of aromatic amines is 1. The van der Waals surface area contributed by atoms with Gasteiger partial charge in [-0.2, -0.15) is 0 Å². The van der Waals surface area contributed by atoms with Crippen LogP contribution in [0.4, 0.5) is 0 Å². The molecule has 0 aliphatic rings. The first-order valence-corrected chi connectivity index (χ1v) is 6.18. The van der Waals surface area contributed by atoms with Gasteiger partial charge in [0.15, 0.2) is 0 Å². The van der Waals surface area contributed by atoms with Crippen molar-refractivity contribution in [3.63, 3.8) is 0 Å². The SMILES string of the molecule is Cc1cccc(-n2c(-c3ccccc3)c[nH]c2=O)c1. The Morgan fingerprint density at radius 1 is 1.00 bits per heavy atom. The van der Waals surface area contributed by atoms with Gasteiger partial charge in [0.1, 0.15) is 0 Å². The molecule has 0 spiro atoms. The monoisotopic (exact) mass is 250 g/mol. The molecular weight excluding hydrogens is 236 g/mol. The van der Waals surface area contributed by atoms with Crippen LogP contribution in [-0.2, 0) is 0 Å². The maximum absolute atomic E-state index is 12.0. The van der Waals surface area contributed by atoms with E-state index in [9.17, 15) is 4.79 Å². The normalized spacial score (nSPS) is 10.6. The van der Waals surface area contributed by atoms with Crippen molar-refractivity contribution in [2.45, 2.75) is 6.92 Å². The summed E-state index contributed by atoms with van der Waals surface area (Å²) in [5, 5.41) is 0. The molecule has 1 heterocycles. The molecule has 0 unspecified atom stereocenters. The highest BCUT2D eigenvalue weighted by Gasteiger charge is 2.09. The minimum atomic E-state index is -0.121. The summed E-state index contributed by atoms with van der Waals surface area (Å²) in [6.07, 6.45) is 1.75. The second kappa shape index (κ2) is 4.61. The van der Waals surface area contributed by atoms with Crippen LogP contribution in [0.15, 0.2) is 65.6 Å². The Labute approximate surface area is 111 Å². The van der Waals surface area contributed by atoms with Crippen molar-refractivity contribution in [1.82, 2.24) is 9.55 Å². The van der Waals surface area contributed by atoms with Crippen LogP contribution in [-0.4, -0.2) is 9.55 Å². The highest BCUT2D eigenvalue weighted by Crippen LogP contribution is 2.20. The average Bonchev–Trinajstić information content (AvgIpc) is 2.82. The molecule has 3 nitrogen and oxygen atoms in total. The minimum Gasteiger partial charge on any atom is -0.312 e. The number of benzene rings is 2. The average molecular weight is 250 g/mol. The standard InChI is InChI=1S/C16H14N2O/c1-12-6-5-9-14(10-12)18-15(11-17-16(18)19)13-7-3-2-4-8-13/h2-11H,1H3,(H,17,19). The highest BCUT2D eigenvalue weighted by atomic mass is 16.1. The Hall–Kier alpha value is -2.55. The van der Waals surface area contributed by atoms with Gasteiger partial charge in [0.25, 0.3) is 0 Å². The quantitative estimate of drug-likeness (QED) is 0.745. The second-order valence-electron chi connectivity index (χ2n) is 4.52. The van der Waals surface area contributed by atoms with Crippen molar-refractivity contribution in [3.05, 3.63) is 76.8 Å². The number of H-pyrrole nitrogens is 1. The van der Waals surface area contributed by atoms with Crippen LogP contribution in [0.5, 0.6) is 0 Å². The summed E-state index contributed by atoms with van der Waals surface area (Å²) in [6.45, 7) is 2.02. The zero-order valence-corrected chi connectivity index (χ0v) is 10.6. The number of nitrogens with one attached hydrogen (secondary N) is 1. The van der Waals surface area contributed by atoms with E-state index in [4.69, 9.17) is 0 Å². The van der Waals surface area contributed by atoms with Gasteiger partial charge in [0.2, 0.25) is 0 Å². The summed E-state index contributed by atoms with van der Waals surface area (Å²) in [4.78, 5) is 14.8. The Kier molecular flexibility index (Phi) is 2.80. The van der Waals surface area contributed by atoms with Gasteiger partial charge in [0, 0.05) is 11.8 Å². The van der Waals surface area contributed by atoms with Gasteiger partial charge < -0.3 is 4.98 Å². The molecular formula is C16H14N2O. The van der Waals surface area contributed by atoms with E-state index in [1.165, 1.54) is 0 Å². The molecule has 0 saturated heterocycles. The van der Waals surface area contributed by atoms with Gasteiger partial charge in [-0.3, -0.25) is 4.57 Å². The fourth-order valence-corrected chi connectivity index (χ4v) is 2.21. The van der Waals surface area contributed by atoms with Gasteiger partial charge >= 0.3 is 5.69 Å². The van der Waals surface area contributed by atoms with E-state index in [-0.39, 0.29) is 5.69 Å². The lowest BCUT2D eigenvalue weighted by molar-refractivity contribution is 0.991. The Morgan fingerprint density at radius 2 is 1.79 bits per heavy atom. The van der Waals surface area contributed by atoms with Gasteiger partial charge in [-0.25, -0.2) is 4.79 Å². The zero-order valence-electron chi connectivity index (χ0n) is 10.6. The van der Waals surface area contributed by atoms with Gasteiger partial charge in [-0.05, 0) is 24.6 Å². The maximum Gasteiger partial charge on any atom is 0.330 e. The molecule has 0 atom stereocenters. The minimum absolute atomic E-state index is 0.121. The van der Waals surface area contributed by atoms with Crippen LogP contribution < -0.4 is 5.69 Å². The molecule has 3 rings (SSSR count). The fourth-order valence-electron chi connectivity index (χ4n) is 2.21. The number of imidazole rings is 1. The summed E-state index contributed by atoms with van der Waals surface area (Å²) >= 11 is 0. The first-order chi connectivity index (χ1) is 9.25. The third kappa shape index (κ3) is 2.10. The van der Waals surface area contributed by atoms with Crippen molar-refractivity contribution < 1.29 is 0 Å². The first kappa shape index (κ1) is 11.5. The molecule has 0 aliphatic heterocycles. The number of aromatic nitrogens is 2. The number of aryl methyl sites for hydroxylation is 1. The van der Waals surface area contributed by atoms with Gasteiger partial charge in [-0.15, -0.1) is 0 Å². The number of rotatable bonds is 2. The molecule has 2 aromatic carbocycles. The van der Waals surface area contributed by atoms with Crippen LogP contribution in [0.3, 0.4) is 0 Å². The number of hydrogen-bond donors (Lipinski definition) is 1. The van der Waals surface area contributed by atoms with E-state index < -0.39 is 0 Å². The third-order valence-corrected chi connectivity index (χ3v) is 3.11. The van der Waals surface area contributed by atoms with Gasteiger partial charge in [0.05, 0.1) is 11.4 Å². The van der Waals surface area contributed by atoms with Gasteiger partial charge in [-0.1, -0.05) is 42.5 Å². The molecule has 0 radical (unpaired) electrons. The van der Waals surface area contributed by atoms with Crippen LogP contribution in [0.25, 0.3) is 16.9 Å². The zero-order chi connectivity index (χ0) is 13.2. The van der Waals surface area contributed by atoms with E-state index >= 15 is 0 Å². The predicted octanol–water partition coefficient (Wildman–Crippen LogP) is 3.14. The fraction of sp³-hybridized carbons (Fsp3) is 0.0625. The molecule has 0 fully saturated rings. The smallest absolute Gasteiger partial charge is 0.312 e. The first-order valence-electron chi connectivity index (χ1n) is 6.18. The Morgan fingerprint density at radius 3 is 2.53 bits per heavy atom. The number of hydrogen-bond acceptors (Lipinski definition) is 1. The van der Waals surface area contributed by atoms with Crippen molar-refractivity contribution in [2.75, 3.05) is 0 Å². The lowest BCUT2D eigenvalue weighted by atomic mass is 10.1. The molecule has 1 aromatic heterocycles. The van der Waals surface area contributed by atoms with E-state index in [2.05, 4.69) is 4.98 Å². The van der Waals surface area contributed by atoms with E-state index in [1.54, 1.807) is 10.8 Å². The Bertz CT molecular complexity index is 754. The molecule has 1 N–H and O–H groups in total. The maximum atomic E-state index is 12.0.